The van der Waals surface area contributed by atoms with Crippen LogP contribution in [0.3, 0.4) is 0 Å². The van der Waals surface area contributed by atoms with E-state index in [0.29, 0.717) is 6.42 Å². The molecular weight excluding hydrogens is 338 g/mol. The first-order valence-electron chi connectivity index (χ1n) is 9.51. The van der Waals surface area contributed by atoms with Crippen LogP contribution in [-0.4, -0.2) is 54.3 Å². The number of anilines is 1. The molecule has 5 nitrogen and oxygen atoms in total. The van der Waals surface area contributed by atoms with Crippen molar-refractivity contribution in [1.29, 1.82) is 0 Å². The number of piperazine rings is 1. The van der Waals surface area contributed by atoms with E-state index in [0.717, 1.165) is 50.4 Å². The molecule has 3 rings (SSSR count). The lowest BCUT2D eigenvalue weighted by Crippen LogP contribution is -2.49. The van der Waals surface area contributed by atoms with Crippen LogP contribution >= 0.6 is 0 Å². The summed E-state index contributed by atoms with van der Waals surface area (Å²) in [7, 11) is 0. The average molecular weight is 365 g/mol. The molecule has 1 aliphatic rings. The maximum absolute atomic E-state index is 12.4. The van der Waals surface area contributed by atoms with Crippen LogP contribution in [0.5, 0.6) is 0 Å². The molecule has 0 unspecified atom stereocenters. The summed E-state index contributed by atoms with van der Waals surface area (Å²) in [5.74, 6) is 0.164. The van der Waals surface area contributed by atoms with Crippen LogP contribution in [0.1, 0.15) is 18.1 Å². The highest BCUT2D eigenvalue weighted by Gasteiger charge is 2.20. The van der Waals surface area contributed by atoms with E-state index in [1.54, 1.807) is 0 Å². The van der Waals surface area contributed by atoms with Gasteiger partial charge in [0.1, 0.15) is 0 Å². The number of hydrogen-bond acceptors (Lipinski definition) is 3. The first kappa shape index (κ1) is 19.1. The first-order chi connectivity index (χ1) is 13.1. The minimum Gasteiger partial charge on any atom is -0.340 e. The molecule has 0 spiro atoms. The van der Waals surface area contributed by atoms with Crippen LogP contribution in [0.2, 0.25) is 0 Å². The quantitative estimate of drug-likeness (QED) is 0.856. The number of rotatable bonds is 6. The van der Waals surface area contributed by atoms with Crippen LogP contribution in [-0.2, 0) is 22.4 Å². The Morgan fingerprint density at radius 3 is 2.19 bits per heavy atom. The number of amides is 2. The Hall–Kier alpha value is -2.66. The third-order valence-electron chi connectivity index (χ3n) is 4.91. The van der Waals surface area contributed by atoms with Crippen molar-refractivity contribution >= 4 is 17.5 Å². The smallest absolute Gasteiger partial charge is 0.227 e. The molecule has 0 aromatic heterocycles. The molecule has 0 atom stereocenters. The molecule has 0 saturated carbocycles. The van der Waals surface area contributed by atoms with E-state index in [1.165, 1.54) is 12.5 Å². The molecule has 2 aromatic rings. The number of benzene rings is 2. The average Bonchev–Trinajstić information content (AvgIpc) is 2.68. The van der Waals surface area contributed by atoms with Crippen molar-refractivity contribution in [3.63, 3.8) is 0 Å². The fraction of sp³-hybridized carbons (Fsp3) is 0.364. The van der Waals surface area contributed by atoms with Gasteiger partial charge >= 0.3 is 0 Å². The third-order valence-corrected chi connectivity index (χ3v) is 4.91. The Morgan fingerprint density at radius 2 is 1.56 bits per heavy atom. The van der Waals surface area contributed by atoms with Crippen LogP contribution in [0.4, 0.5) is 5.69 Å². The Labute approximate surface area is 161 Å². The van der Waals surface area contributed by atoms with Gasteiger partial charge in [0.15, 0.2) is 0 Å². The van der Waals surface area contributed by atoms with E-state index in [4.69, 9.17) is 0 Å². The van der Waals surface area contributed by atoms with E-state index in [2.05, 4.69) is 22.3 Å². The summed E-state index contributed by atoms with van der Waals surface area (Å²) in [4.78, 5) is 27.9. The second-order valence-electron chi connectivity index (χ2n) is 7.01. The van der Waals surface area contributed by atoms with Gasteiger partial charge in [0.05, 0.1) is 6.42 Å². The van der Waals surface area contributed by atoms with Crippen molar-refractivity contribution in [2.45, 2.75) is 19.8 Å². The predicted octanol–water partition coefficient (Wildman–Crippen LogP) is 2.57. The van der Waals surface area contributed by atoms with Crippen LogP contribution in [0, 0.1) is 0 Å². The predicted molar refractivity (Wildman–Crippen MR) is 108 cm³/mol. The molecule has 1 heterocycles. The molecule has 142 valence electrons. The third kappa shape index (κ3) is 5.93. The lowest BCUT2D eigenvalue weighted by molar-refractivity contribution is -0.132. The number of nitrogens with zero attached hydrogens (tertiary/aromatic N) is 2. The monoisotopic (exact) mass is 365 g/mol. The van der Waals surface area contributed by atoms with Crippen molar-refractivity contribution in [2.24, 2.45) is 0 Å². The molecule has 0 aliphatic carbocycles. The van der Waals surface area contributed by atoms with Gasteiger partial charge in [-0.3, -0.25) is 14.5 Å². The number of carbonyl (C=O) groups excluding carboxylic acids is 2. The molecule has 27 heavy (non-hydrogen) atoms. The van der Waals surface area contributed by atoms with E-state index < -0.39 is 0 Å². The largest absolute Gasteiger partial charge is 0.340 e. The molecule has 1 N–H and O–H groups in total. The van der Waals surface area contributed by atoms with Crippen LogP contribution in [0.15, 0.2) is 54.6 Å². The van der Waals surface area contributed by atoms with Gasteiger partial charge in [-0.25, -0.2) is 0 Å². The SMILES string of the molecule is CC(=O)Nc1ccc(CCN2CCN(C(=O)Cc3ccccc3)CC2)cc1. The van der Waals surface area contributed by atoms with Gasteiger partial charge in [-0.2, -0.15) is 0 Å². The Bertz CT molecular complexity index is 751. The minimum absolute atomic E-state index is 0.0533. The zero-order valence-corrected chi connectivity index (χ0v) is 15.9. The van der Waals surface area contributed by atoms with Gasteiger partial charge in [0.2, 0.25) is 11.8 Å². The lowest BCUT2D eigenvalue weighted by Gasteiger charge is -2.34. The highest BCUT2D eigenvalue weighted by Crippen LogP contribution is 2.12. The molecule has 2 amide bonds. The van der Waals surface area contributed by atoms with Crippen molar-refractivity contribution < 1.29 is 9.59 Å². The highest BCUT2D eigenvalue weighted by atomic mass is 16.2. The molecule has 1 saturated heterocycles. The molecule has 1 aliphatic heterocycles. The maximum Gasteiger partial charge on any atom is 0.227 e. The summed E-state index contributed by atoms with van der Waals surface area (Å²) >= 11 is 0. The first-order valence-corrected chi connectivity index (χ1v) is 9.51. The second kappa shape index (κ2) is 9.33. The zero-order chi connectivity index (χ0) is 19.1. The van der Waals surface area contributed by atoms with Gasteiger partial charge in [-0.15, -0.1) is 0 Å². The number of carbonyl (C=O) groups is 2. The normalized spacial score (nSPS) is 14.8. The number of nitrogens with one attached hydrogen (secondary N) is 1. The standard InChI is InChI=1S/C22H27N3O2/c1-18(26)23-21-9-7-19(8-10-21)11-12-24-13-15-25(16-14-24)22(27)17-20-5-3-2-4-6-20/h2-10H,11-17H2,1H3,(H,23,26). The van der Waals surface area contributed by atoms with Gasteiger partial charge in [-0.1, -0.05) is 42.5 Å². The summed E-state index contributed by atoms with van der Waals surface area (Å²) in [6.45, 7) is 5.94. The molecular formula is C22H27N3O2. The summed E-state index contributed by atoms with van der Waals surface area (Å²) in [5.41, 5.74) is 3.16. The van der Waals surface area contributed by atoms with E-state index in [-0.39, 0.29) is 11.8 Å². The zero-order valence-electron chi connectivity index (χ0n) is 15.9. The van der Waals surface area contributed by atoms with Crippen LogP contribution in [0.25, 0.3) is 0 Å². The van der Waals surface area contributed by atoms with Crippen molar-refractivity contribution in [2.75, 3.05) is 38.0 Å². The summed E-state index contributed by atoms with van der Waals surface area (Å²) in [5, 5.41) is 2.78. The van der Waals surface area contributed by atoms with Crippen molar-refractivity contribution in [3.05, 3.63) is 65.7 Å². The Morgan fingerprint density at radius 1 is 0.889 bits per heavy atom. The Kier molecular flexibility index (Phi) is 6.60. The van der Waals surface area contributed by atoms with Gasteiger partial charge < -0.3 is 10.2 Å². The topological polar surface area (TPSA) is 52.7 Å². The maximum atomic E-state index is 12.4. The molecule has 2 aromatic carbocycles. The lowest BCUT2D eigenvalue weighted by atomic mass is 10.1. The summed E-state index contributed by atoms with van der Waals surface area (Å²) in [6, 6.07) is 17.9. The Balaban J connectivity index is 1.40. The molecule has 1 fully saturated rings. The minimum atomic E-state index is -0.0533. The highest BCUT2D eigenvalue weighted by molar-refractivity contribution is 5.88. The molecule has 5 heteroatoms. The summed E-state index contributed by atoms with van der Waals surface area (Å²) < 4.78 is 0. The van der Waals surface area contributed by atoms with Gasteiger partial charge in [0, 0.05) is 45.3 Å². The van der Waals surface area contributed by atoms with Crippen molar-refractivity contribution in [1.82, 2.24) is 9.80 Å². The fourth-order valence-corrected chi connectivity index (χ4v) is 3.35. The van der Waals surface area contributed by atoms with Crippen molar-refractivity contribution in [3.8, 4) is 0 Å². The van der Waals surface area contributed by atoms with Gasteiger partial charge in [-0.05, 0) is 29.7 Å². The van der Waals surface area contributed by atoms with Gasteiger partial charge in [0.25, 0.3) is 0 Å². The molecule has 0 radical (unpaired) electrons. The van der Waals surface area contributed by atoms with E-state index in [9.17, 15) is 9.59 Å². The van der Waals surface area contributed by atoms with E-state index in [1.807, 2.05) is 47.4 Å². The second-order valence-corrected chi connectivity index (χ2v) is 7.01. The van der Waals surface area contributed by atoms with Crippen LogP contribution < -0.4 is 5.32 Å². The summed E-state index contributed by atoms with van der Waals surface area (Å²) in [6.07, 6.45) is 1.46. The number of hydrogen-bond donors (Lipinski definition) is 1. The van der Waals surface area contributed by atoms with E-state index >= 15 is 0 Å². The fourth-order valence-electron chi connectivity index (χ4n) is 3.35. The molecule has 0 bridgehead atoms.